The summed E-state index contributed by atoms with van der Waals surface area (Å²) in [5, 5.41) is 0. The fourth-order valence-corrected chi connectivity index (χ4v) is 5.68. The molecular formula is C26H31BrN2O3. The summed E-state index contributed by atoms with van der Waals surface area (Å²) in [5.41, 5.74) is 3.50. The molecule has 0 radical (unpaired) electrons. The van der Waals surface area contributed by atoms with E-state index in [4.69, 9.17) is 4.74 Å². The van der Waals surface area contributed by atoms with Gasteiger partial charge in [0.15, 0.2) is 0 Å². The molecule has 2 aliphatic heterocycles. The van der Waals surface area contributed by atoms with Crippen LogP contribution in [-0.2, 0) is 4.74 Å². The van der Waals surface area contributed by atoms with Gasteiger partial charge in [-0.05, 0) is 74.9 Å². The summed E-state index contributed by atoms with van der Waals surface area (Å²) in [6.07, 6.45) is 3.72. The van der Waals surface area contributed by atoms with Crippen molar-refractivity contribution in [2.75, 3.05) is 26.2 Å². The van der Waals surface area contributed by atoms with Crippen LogP contribution in [0, 0.1) is 13.8 Å². The maximum atomic E-state index is 13.1. The van der Waals surface area contributed by atoms with Crippen LogP contribution in [0.1, 0.15) is 57.5 Å². The minimum absolute atomic E-state index is 0.0102. The van der Waals surface area contributed by atoms with Crippen molar-refractivity contribution in [1.29, 1.82) is 0 Å². The number of carbonyl (C=O) groups excluding carboxylic acids is 2. The molecule has 0 spiro atoms. The number of aryl methyl sites for hydroxylation is 2. The first-order valence-electron chi connectivity index (χ1n) is 11.5. The van der Waals surface area contributed by atoms with E-state index in [-0.39, 0.29) is 18.0 Å². The van der Waals surface area contributed by atoms with Crippen LogP contribution in [-0.4, -0.2) is 60.0 Å². The van der Waals surface area contributed by atoms with Gasteiger partial charge in [-0.2, -0.15) is 0 Å². The third kappa shape index (κ3) is 5.24. The number of piperidine rings is 2. The smallest absolute Gasteiger partial charge is 0.338 e. The highest BCUT2D eigenvalue weighted by atomic mass is 79.9. The van der Waals surface area contributed by atoms with E-state index in [1.54, 1.807) is 12.1 Å². The lowest BCUT2D eigenvalue weighted by atomic mass is 9.97. The Balaban J connectivity index is 1.26. The van der Waals surface area contributed by atoms with E-state index in [1.807, 2.05) is 49.1 Å². The van der Waals surface area contributed by atoms with Crippen LogP contribution in [0.2, 0.25) is 0 Å². The maximum absolute atomic E-state index is 13.1. The Morgan fingerprint density at radius 1 is 0.906 bits per heavy atom. The van der Waals surface area contributed by atoms with Crippen LogP contribution in [0.4, 0.5) is 0 Å². The van der Waals surface area contributed by atoms with Gasteiger partial charge in [0, 0.05) is 42.3 Å². The Morgan fingerprint density at radius 3 is 2.09 bits per heavy atom. The van der Waals surface area contributed by atoms with Crippen molar-refractivity contribution in [3.63, 3.8) is 0 Å². The normalized spacial score (nSPS) is 18.5. The van der Waals surface area contributed by atoms with Crippen LogP contribution in [0.3, 0.4) is 0 Å². The monoisotopic (exact) mass is 498 g/mol. The molecule has 6 heteroatoms. The molecule has 2 saturated heterocycles. The van der Waals surface area contributed by atoms with Gasteiger partial charge < -0.3 is 9.64 Å². The number of esters is 1. The standard InChI is InChI=1S/C26H31BrN2O3/c1-18-16-21(27)17-19(2)24(18)25(30)29-12-8-22(9-13-29)28-14-10-23(11-15-28)32-26(31)20-6-4-3-5-7-20/h3-7,16-17,22-23H,8-15H2,1-2H3. The van der Waals surface area contributed by atoms with Crippen LogP contribution in [0.5, 0.6) is 0 Å². The molecule has 32 heavy (non-hydrogen) atoms. The summed E-state index contributed by atoms with van der Waals surface area (Å²) in [7, 11) is 0. The van der Waals surface area contributed by atoms with Gasteiger partial charge in [-0.1, -0.05) is 34.1 Å². The summed E-state index contributed by atoms with van der Waals surface area (Å²) in [4.78, 5) is 30.0. The molecule has 2 aromatic rings. The number of carbonyl (C=O) groups is 2. The predicted octanol–water partition coefficient (Wildman–Crippen LogP) is 4.99. The van der Waals surface area contributed by atoms with Crippen molar-refractivity contribution in [2.24, 2.45) is 0 Å². The molecule has 5 nitrogen and oxygen atoms in total. The van der Waals surface area contributed by atoms with E-state index < -0.39 is 0 Å². The van der Waals surface area contributed by atoms with Gasteiger partial charge in [0.05, 0.1) is 5.56 Å². The molecule has 1 amide bonds. The highest BCUT2D eigenvalue weighted by molar-refractivity contribution is 9.10. The molecule has 2 heterocycles. The van der Waals surface area contributed by atoms with E-state index in [0.29, 0.717) is 11.6 Å². The van der Waals surface area contributed by atoms with Crippen molar-refractivity contribution in [3.05, 3.63) is 69.2 Å². The number of hydrogen-bond donors (Lipinski definition) is 0. The van der Waals surface area contributed by atoms with Gasteiger partial charge >= 0.3 is 5.97 Å². The van der Waals surface area contributed by atoms with E-state index in [9.17, 15) is 9.59 Å². The molecular weight excluding hydrogens is 468 g/mol. The first kappa shape index (κ1) is 23.0. The highest BCUT2D eigenvalue weighted by Crippen LogP contribution is 2.26. The highest BCUT2D eigenvalue weighted by Gasteiger charge is 2.31. The second-order valence-electron chi connectivity index (χ2n) is 8.94. The third-order valence-electron chi connectivity index (χ3n) is 6.74. The average molecular weight is 499 g/mol. The SMILES string of the molecule is Cc1cc(Br)cc(C)c1C(=O)N1CCC(N2CCC(OC(=O)c3ccccc3)CC2)CC1. The van der Waals surface area contributed by atoms with Gasteiger partial charge in [-0.3, -0.25) is 9.69 Å². The fraction of sp³-hybridized carbons (Fsp3) is 0.462. The zero-order valence-corrected chi connectivity index (χ0v) is 20.4. The summed E-state index contributed by atoms with van der Waals surface area (Å²) >= 11 is 3.52. The van der Waals surface area contributed by atoms with Gasteiger partial charge in [-0.25, -0.2) is 4.79 Å². The summed E-state index contributed by atoms with van der Waals surface area (Å²) < 4.78 is 6.73. The first-order chi connectivity index (χ1) is 15.4. The van der Waals surface area contributed by atoms with Gasteiger partial charge in [0.1, 0.15) is 6.10 Å². The third-order valence-corrected chi connectivity index (χ3v) is 7.20. The predicted molar refractivity (Wildman–Crippen MR) is 129 cm³/mol. The van der Waals surface area contributed by atoms with Crippen molar-refractivity contribution >= 4 is 27.8 Å². The lowest BCUT2D eigenvalue weighted by molar-refractivity contribution is 0.000741. The fourth-order valence-electron chi connectivity index (χ4n) is 4.99. The Bertz CT molecular complexity index is 939. The Labute approximate surface area is 198 Å². The van der Waals surface area contributed by atoms with Crippen LogP contribution in [0.15, 0.2) is 46.9 Å². The van der Waals surface area contributed by atoms with E-state index in [0.717, 1.165) is 73.0 Å². The van der Waals surface area contributed by atoms with Crippen molar-refractivity contribution in [1.82, 2.24) is 9.80 Å². The topological polar surface area (TPSA) is 49.9 Å². The van der Waals surface area contributed by atoms with Gasteiger partial charge in [0.2, 0.25) is 0 Å². The number of nitrogens with zero attached hydrogens (tertiary/aromatic N) is 2. The molecule has 0 atom stereocenters. The molecule has 0 bridgehead atoms. The Hall–Kier alpha value is -2.18. The lowest BCUT2D eigenvalue weighted by Gasteiger charge is -2.41. The molecule has 0 aromatic heterocycles. The quantitative estimate of drug-likeness (QED) is 0.557. The molecule has 0 saturated carbocycles. The first-order valence-corrected chi connectivity index (χ1v) is 12.3. The largest absolute Gasteiger partial charge is 0.459 e. The number of amides is 1. The maximum Gasteiger partial charge on any atom is 0.338 e. The van der Waals surface area contributed by atoms with E-state index >= 15 is 0 Å². The molecule has 0 N–H and O–H groups in total. The van der Waals surface area contributed by atoms with Crippen molar-refractivity contribution < 1.29 is 14.3 Å². The zero-order chi connectivity index (χ0) is 22.7. The minimum Gasteiger partial charge on any atom is -0.459 e. The van der Waals surface area contributed by atoms with E-state index in [1.165, 1.54) is 0 Å². The van der Waals surface area contributed by atoms with Gasteiger partial charge in [0.25, 0.3) is 5.91 Å². The van der Waals surface area contributed by atoms with Crippen molar-refractivity contribution in [2.45, 2.75) is 51.7 Å². The van der Waals surface area contributed by atoms with Crippen molar-refractivity contribution in [3.8, 4) is 0 Å². The number of hydrogen-bond acceptors (Lipinski definition) is 4. The minimum atomic E-state index is -0.227. The summed E-state index contributed by atoms with van der Waals surface area (Å²) in [5.74, 6) is -0.0770. The second-order valence-corrected chi connectivity index (χ2v) is 9.86. The number of ether oxygens (including phenoxy) is 1. The average Bonchev–Trinajstić information content (AvgIpc) is 2.79. The molecule has 0 unspecified atom stereocenters. The summed E-state index contributed by atoms with van der Waals surface area (Å²) in [6, 6.07) is 13.7. The molecule has 2 aromatic carbocycles. The zero-order valence-electron chi connectivity index (χ0n) is 18.9. The van der Waals surface area contributed by atoms with Crippen LogP contribution in [0.25, 0.3) is 0 Å². The number of likely N-dealkylation sites (tertiary alicyclic amines) is 2. The molecule has 2 fully saturated rings. The number of rotatable bonds is 4. The Morgan fingerprint density at radius 2 is 1.50 bits per heavy atom. The number of halogens is 1. The lowest BCUT2D eigenvalue weighted by Crippen LogP contribution is -2.50. The Kier molecular flexibility index (Phi) is 7.31. The second kappa shape index (κ2) is 10.2. The van der Waals surface area contributed by atoms with E-state index in [2.05, 4.69) is 20.8 Å². The molecule has 0 aliphatic carbocycles. The van der Waals surface area contributed by atoms with Gasteiger partial charge in [-0.15, -0.1) is 0 Å². The van der Waals surface area contributed by atoms with Crippen LogP contribution < -0.4 is 0 Å². The molecule has 170 valence electrons. The number of benzene rings is 2. The summed E-state index contributed by atoms with van der Waals surface area (Å²) in [6.45, 7) is 7.48. The molecule has 2 aliphatic rings. The van der Waals surface area contributed by atoms with Crippen LogP contribution >= 0.6 is 15.9 Å². The molecule has 4 rings (SSSR count).